The van der Waals surface area contributed by atoms with Gasteiger partial charge in [0, 0.05) is 22.3 Å². The van der Waals surface area contributed by atoms with Gasteiger partial charge in [0.05, 0.1) is 11.3 Å². The smallest absolute Gasteiger partial charge is 0.335 e. The molecule has 2 aromatic carbocycles. The van der Waals surface area contributed by atoms with E-state index in [1.165, 1.54) is 41.4 Å². The molecule has 1 fully saturated rings. The molecule has 0 spiro atoms. The summed E-state index contributed by atoms with van der Waals surface area (Å²) in [5, 5.41) is 29.7. The molecular formula is C26H28ClN7O4. The molecule has 11 nitrogen and oxygen atoms in total. The van der Waals surface area contributed by atoms with E-state index in [1.807, 2.05) is 0 Å². The first kappa shape index (κ1) is 27.0. The Labute approximate surface area is 224 Å². The number of nitrogens with zero attached hydrogens (tertiary/aromatic N) is 4. The van der Waals surface area contributed by atoms with Crippen molar-refractivity contribution in [2.45, 2.75) is 31.7 Å². The van der Waals surface area contributed by atoms with Crippen molar-refractivity contribution in [3.8, 4) is 5.69 Å². The van der Waals surface area contributed by atoms with Crippen molar-refractivity contribution in [1.82, 2.24) is 30.8 Å². The van der Waals surface area contributed by atoms with Crippen molar-refractivity contribution in [3.05, 3.63) is 71.0 Å². The number of amides is 2. The first-order valence-corrected chi connectivity index (χ1v) is 12.6. The molecule has 2 heterocycles. The van der Waals surface area contributed by atoms with E-state index in [2.05, 4.69) is 31.5 Å². The summed E-state index contributed by atoms with van der Waals surface area (Å²) in [5.74, 6) is -1.40. The highest BCUT2D eigenvalue weighted by Gasteiger charge is 2.23. The molecule has 1 aliphatic heterocycles. The van der Waals surface area contributed by atoms with Crippen LogP contribution >= 0.6 is 11.6 Å². The lowest BCUT2D eigenvalue weighted by Gasteiger charge is -2.25. The number of halogens is 1. The standard InChI is InChI=1S/C26H28ClN7O4/c27-20-5-9-23(34-16-29-32-33-34)19(15-20)4-10-24(35)31-22(8-1-17-11-13-28-14-12-17)25(36)30-21-6-2-18(3-7-21)26(37)38/h2-7,9-10,15-17,22,28H,1,8,11-14H2,(H,30,36)(H,31,35)(H,37,38). The topological polar surface area (TPSA) is 151 Å². The fraction of sp³-hybridized carbons (Fsp3) is 0.308. The molecule has 0 aliphatic carbocycles. The van der Waals surface area contributed by atoms with Crippen LogP contribution in [0.5, 0.6) is 0 Å². The monoisotopic (exact) mass is 537 g/mol. The summed E-state index contributed by atoms with van der Waals surface area (Å²) in [5.41, 5.74) is 1.82. The Morgan fingerprint density at radius 3 is 2.61 bits per heavy atom. The Morgan fingerprint density at radius 1 is 1.16 bits per heavy atom. The third-order valence-corrected chi connectivity index (χ3v) is 6.59. The van der Waals surface area contributed by atoms with Crippen LogP contribution < -0.4 is 16.0 Å². The minimum absolute atomic E-state index is 0.117. The van der Waals surface area contributed by atoms with E-state index in [4.69, 9.17) is 16.7 Å². The third kappa shape index (κ3) is 7.46. The number of nitrogens with one attached hydrogen (secondary N) is 3. The second kappa shape index (κ2) is 12.9. The molecule has 1 aliphatic rings. The molecule has 0 radical (unpaired) electrons. The van der Waals surface area contributed by atoms with Crippen molar-refractivity contribution < 1.29 is 19.5 Å². The van der Waals surface area contributed by atoms with Gasteiger partial charge in [0.25, 0.3) is 0 Å². The molecule has 4 N–H and O–H groups in total. The molecule has 38 heavy (non-hydrogen) atoms. The van der Waals surface area contributed by atoms with Crippen LogP contribution in [0.25, 0.3) is 11.8 Å². The minimum Gasteiger partial charge on any atom is -0.478 e. The van der Waals surface area contributed by atoms with Crippen molar-refractivity contribution >= 4 is 41.1 Å². The highest BCUT2D eigenvalue weighted by atomic mass is 35.5. The molecule has 4 rings (SSSR count). The Bertz CT molecular complexity index is 1290. The lowest BCUT2D eigenvalue weighted by atomic mass is 9.91. The number of carboxylic acids is 1. The number of hydrogen-bond acceptors (Lipinski definition) is 7. The van der Waals surface area contributed by atoms with Gasteiger partial charge in [-0.05, 0) is 104 Å². The number of benzene rings is 2. The Kier molecular flexibility index (Phi) is 9.17. The highest BCUT2D eigenvalue weighted by Crippen LogP contribution is 2.21. The minimum atomic E-state index is -1.05. The zero-order chi connectivity index (χ0) is 26.9. The van der Waals surface area contributed by atoms with Gasteiger partial charge in [0.2, 0.25) is 11.8 Å². The number of aromatic carboxylic acids is 1. The summed E-state index contributed by atoms with van der Waals surface area (Å²) >= 11 is 6.15. The van der Waals surface area contributed by atoms with E-state index in [9.17, 15) is 14.4 Å². The van der Waals surface area contributed by atoms with Crippen LogP contribution in [-0.2, 0) is 9.59 Å². The first-order chi connectivity index (χ1) is 18.4. The van der Waals surface area contributed by atoms with Crippen LogP contribution in [0, 0.1) is 5.92 Å². The third-order valence-electron chi connectivity index (χ3n) is 6.35. The number of tetrazole rings is 1. The van der Waals surface area contributed by atoms with Gasteiger partial charge in [-0.3, -0.25) is 9.59 Å². The number of hydrogen-bond donors (Lipinski definition) is 4. The van der Waals surface area contributed by atoms with Gasteiger partial charge < -0.3 is 21.1 Å². The predicted octanol–water partition coefficient (Wildman–Crippen LogP) is 2.93. The molecule has 0 bridgehead atoms. The van der Waals surface area contributed by atoms with E-state index in [0.717, 1.165) is 32.4 Å². The largest absolute Gasteiger partial charge is 0.478 e. The van der Waals surface area contributed by atoms with Gasteiger partial charge in [-0.2, -0.15) is 4.68 Å². The molecule has 1 aromatic heterocycles. The number of carbonyl (C=O) groups is 3. The quantitative estimate of drug-likeness (QED) is 0.288. The van der Waals surface area contributed by atoms with E-state index in [0.29, 0.717) is 34.3 Å². The van der Waals surface area contributed by atoms with E-state index < -0.39 is 17.9 Å². The number of piperidine rings is 1. The maximum Gasteiger partial charge on any atom is 0.335 e. The highest BCUT2D eigenvalue weighted by molar-refractivity contribution is 6.30. The lowest BCUT2D eigenvalue weighted by Crippen LogP contribution is -2.43. The number of carboxylic acid groups (broad SMARTS) is 1. The summed E-state index contributed by atoms with van der Waals surface area (Å²) in [6.07, 6.45) is 7.66. The van der Waals surface area contributed by atoms with Gasteiger partial charge >= 0.3 is 5.97 Å². The van der Waals surface area contributed by atoms with Crippen molar-refractivity contribution in [3.63, 3.8) is 0 Å². The summed E-state index contributed by atoms with van der Waals surface area (Å²) in [4.78, 5) is 37.2. The van der Waals surface area contributed by atoms with Gasteiger partial charge in [-0.1, -0.05) is 11.6 Å². The van der Waals surface area contributed by atoms with Gasteiger partial charge in [0.15, 0.2) is 0 Å². The fourth-order valence-electron chi connectivity index (χ4n) is 4.29. The van der Waals surface area contributed by atoms with E-state index in [1.54, 1.807) is 24.3 Å². The maximum absolute atomic E-state index is 13.1. The lowest BCUT2D eigenvalue weighted by molar-refractivity contribution is -0.124. The second-order valence-electron chi connectivity index (χ2n) is 8.99. The number of rotatable bonds is 10. The molecule has 1 unspecified atom stereocenters. The number of aromatic nitrogens is 4. The molecular weight excluding hydrogens is 510 g/mol. The van der Waals surface area contributed by atoms with Crippen LogP contribution in [0.15, 0.2) is 54.9 Å². The van der Waals surface area contributed by atoms with Crippen LogP contribution in [-0.4, -0.2) is 62.2 Å². The van der Waals surface area contributed by atoms with Gasteiger partial charge in [-0.15, -0.1) is 5.10 Å². The summed E-state index contributed by atoms with van der Waals surface area (Å²) in [7, 11) is 0. The average molecular weight is 538 g/mol. The molecule has 3 aromatic rings. The van der Waals surface area contributed by atoms with Crippen LogP contribution in [0.4, 0.5) is 5.69 Å². The number of carbonyl (C=O) groups excluding carboxylic acids is 2. The van der Waals surface area contributed by atoms with Crippen LogP contribution in [0.1, 0.15) is 41.6 Å². The molecule has 2 amide bonds. The Balaban J connectivity index is 1.46. The van der Waals surface area contributed by atoms with E-state index >= 15 is 0 Å². The molecule has 1 atom stereocenters. The van der Waals surface area contributed by atoms with Crippen LogP contribution in [0.2, 0.25) is 5.02 Å². The van der Waals surface area contributed by atoms with Gasteiger partial charge in [0.1, 0.15) is 12.4 Å². The van der Waals surface area contributed by atoms with Crippen molar-refractivity contribution in [2.75, 3.05) is 18.4 Å². The summed E-state index contributed by atoms with van der Waals surface area (Å²) < 4.78 is 1.46. The SMILES string of the molecule is O=C(C=Cc1cc(Cl)ccc1-n1cnnn1)NC(CCC1CCNCC1)C(=O)Nc1ccc(C(=O)O)cc1. The Hall–Kier alpha value is -4.09. The molecule has 0 saturated carbocycles. The zero-order valence-corrected chi connectivity index (χ0v) is 21.3. The second-order valence-corrected chi connectivity index (χ2v) is 9.43. The van der Waals surface area contributed by atoms with Gasteiger partial charge in [-0.25, -0.2) is 4.79 Å². The average Bonchev–Trinajstić information content (AvgIpc) is 3.45. The molecule has 1 saturated heterocycles. The number of anilines is 1. The Morgan fingerprint density at radius 2 is 1.92 bits per heavy atom. The fourth-order valence-corrected chi connectivity index (χ4v) is 4.47. The predicted molar refractivity (Wildman–Crippen MR) is 142 cm³/mol. The van der Waals surface area contributed by atoms with E-state index in [-0.39, 0.29) is 11.5 Å². The molecule has 12 heteroatoms. The summed E-state index contributed by atoms with van der Waals surface area (Å²) in [6, 6.07) is 10.2. The zero-order valence-electron chi connectivity index (χ0n) is 20.5. The molecule has 198 valence electrons. The first-order valence-electron chi connectivity index (χ1n) is 12.3. The maximum atomic E-state index is 13.1. The van der Waals surface area contributed by atoms with Crippen LogP contribution in [0.3, 0.4) is 0 Å². The van der Waals surface area contributed by atoms with Crippen molar-refractivity contribution in [1.29, 1.82) is 0 Å². The summed E-state index contributed by atoms with van der Waals surface area (Å²) in [6.45, 7) is 1.88. The van der Waals surface area contributed by atoms with Crippen molar-refractivity contribution in [2.24, 2.45) is 5.92 Å². The normalized spacial score (nSPS) is 14.8.